The first-order valence-electron chi connectivity index (χ1n) is 18.3. The predicted octanol–water partition coefficient (Wildman–Crippen LogP) is 11.7. The molecule has 0 saturated carbocycles. The van der Waals surface area contributed by atoms with Crippen LogP contribution in [-0.4, -0.2) is 29.9 Å². The number of rotatable bonds is 4. The first-order chi connectivity index (χ1) is 23.0. The van der Waals surface area contributed by atoms with Crippen LogP contribution in [0.3, 0.4) is 0 Å². The Labute approximate surface area is 299 Å². The zero-order chi connectivity index (χ0) is 36.9. The third kappa shape index (κ3) is 6.24. The van der Waals surface area contributed by atoms with Gasteiger partial charge < -0.3 is 0 Å². The largest absolute Gasteiger partial charge is 0.217 e. The highest BCUT2D eigenvalue weighted by Gasteiger charge is 2.29. The Kier molecular flexibility index (Phi) is 8.40. The molecular formula is C44H56N6. The number of aromatic nitrogens is 6. The van der Waals surface area contributed by atoms with Gasteiger partial charge in [-0.2, -0.15) is 0 Å². The lowest BCUT2D eigenvalue weighted by molar-refractivity contribution is 0.497. The van der Waals surface area contributed by atoms with Crippen molar-refractivity contribution < 1.29 is 0 Å². The van der Waals surface area contributed by atoms with E-state index >= 15 is 0 Å². The Morgan fingerprint density at radius 2 is 0.660 bits per heavy atom. The molecule has 0 atom stereocenters. The van der Waals surface area contributed by atoms with E-state index in [1.165, 1.54) is 43.4 Å². The van der Waals surface area contributed by atoms with Gasteiger partial charge in [-0.05, 0) is 79.5 Å². The topological polar surface area (TPSA) is 77.3 Å². The van der Waals surface area contributed by atoms with Crippen molar-refractivity contribution in [2.45, 2.75) is 144 Å². The summed E-state index contributed by atoms with van der Waals surface area (Å²) >= 11 is 0. The maximum atomic E-state index is 5.18. The number of nitrogens with zero attached hydrogens (tertiary/aromatic N) is 6. The third-order valence-corrected chi connectivity index (χ3v) is 9.64. The quantitative estimate of drug-likeness (QED) is 0.174. The Morgan fingerprint density at radius 3 is 0.900 bits per heavy atom. The normalized spacial score (nSPS) is 13.6. The van der Waals surface area contributed by atoms with Crippen molar-refractivity contribution in [3.8, 4) is 22.8 Å². The summed E-state index contributed by atoms with van der Waals surface area (Å²) in [5.74, 6) is 5.31. The van der Waals surface area contributed by atoms with Gasteiger partial charge >= 0.3 is 0 Å². The molecule has 4 aromatic carbocycles. The summed E-state index contributed by atoms with van der Waals surface area (Å²) in [5.41, 5.74) is 3.78. The van der Waals surface area contributed by atoms with Gasteiger partial charge in [0.2, 0.25) is 0 Å². The van der Waals surface area contributed by atoms with Gasteiger partial charge in [0.25, 0.3) is 0 Å². The van der Waals surface area contributed by atoms with Gasteiger partial charge in [0.15, 0.2) is 11.6 Å². The molecule has 6 aromatic rings. The fourth-order valence-electron chi connectivity index (χ4n) is 6.70. The van der Waals surface area contributed by atoms with Crippen molar-refractivity contribution in [2.75, 3.05) is 0 Å². The Balaban J connectivity index is 1.81. The van der Waals surface area contributed by atoms with Gasteiger partial charge in [0.1, 0.15) is 23.3 Å². The summed E-state index contributed by atoms with van der Waals surface area (Å²) < 4.78 is 0. The Bertz CT molecular complexity index is 2020. The molecule has 2 heterocycles. The predicted molar refractivity (Wildman–Crippen MR) is 211 cm³/mol. The van der Waals surface area contributed by atoms with E-state index in [0.29, 0.717) is 11.8 Å². The summed E-state index contributed by atoms with van der Waals surface area (Å²) in [7, 11) is 0. The lowest BCUT2D eigenvalue weighted by Crippen LogP contribution is -2.24. The van der Waals surface area contributed by atoms with Gasteiger partial charge in [-0.1, -0.05) is 123 Å². The lowest BCUT2D eigenvalue weighted by atomic mass is 9.81. The van der Waals surface area contributed by atoms with Crippen LogP contribution >= 0.6 is 0 Å². The molecule has 262 valence electrons. The molecule has 0 spiro atoms. The molecule has 0 saturated heterocycles. The van der Waals surface area contributed by atoms with Gasteiger partial charge in [-0.15, -0.1) is 0 Å². The molecule has 6 rings (SSSR count). The van der Waals surface area contributed by atoms with Gasteiger partial charge in [-0.25, -0.2) is 29.9 Å². The maximum Gasteiger partial charge on any atom is 0.164 e. The fourth-order valence-corrected chi connectivity index (χ4v) is 6.70. The van der Waals surface area contributed by atoms with Crippen LogP contribution in [0.15, 0.2) is 36.4 Å². The molecule has 0 aliphatic rings. The van der Waals surface area contributed by atoms with Gasteiger partial charge in [-0.3, -0.25) is 0 Å². The molecule has 0 aliphatic heterocycles. The minimum Gasteiger partial charge on any atom is -0.217 e. The summed E-state index contributed by atoms with van der Waals surface area (Å²) in [6.07, 6.45) is 0. The maximum absolute atomic E-state index is 5.18. The molecular weight excluding hydrogens is 613 g/mol. The van der Waals surface area contributed by atoms with Crippen LogP contribution in [0, 0.1) is 0 Å². The molecule has 0 aliphatic carbocycles. The van der Waals surface area contributed by atoms with E-state index in [1.54, 1.807) is 0 Å². The summed E-state index contributed by atoms with van der Waals surface area (Å²) in [5, 5.41) is 7.39. The molecule has 0 fully saturated rings. The zero-order valence-electron chi connectivity index (χ0n) is 33.3. The SMILES string of the molecule is CC(C)c1cc2c(-c3nc(C(C)(C)C)nc(C(C)(C)C)n3)ccc3c(C(C)C)cc4c(-c5nc(C(C)(C)C)nc(C(C)(C)C)n5)ccc1c4c23. The first-order valence-corrected chi connectivity index (χ1v) is 18.3. The van der Waals surface area contributed by atoms with Crippen LogP contribution in [0.2, 0.25) is 0 Å². The third-order valence-electron chi connectivity index (χ3n) is 9.64. The van der Waals surface area contributed by atoms with E-state index in [2.05, 4.69) is 147 Å². The molecule has 2 aromatic heterocycles. The second-order valence-corrected chi connectivity index (χ2v) is 19.0. The van der Waals surface area contributed by atoms with Crippen LogP contribution in [0.25, 0.3) is 55.1 Å². The Hall–Kier alpha value is -4.06. The summed E-state index contributed by atoms with van der Waals surface area (Å²) in [6.45, 7) is 35.2. The number of hydrogen-bond donors (Lipinski definition) is 0. The standard InChI is InChI=1S/C44H56N6/c1-23(2)29-21-31-27(35-45-37(41(5,6)7)49-38(46-35)42(8,9)10)20-18-26-30(24(3)4)22-32-28(19-17-25(29)33(32)34(26)31)36-47-39(43(11,12)13)50-40(48-36)44(14,15)16/h17-24H,1-16H3. The second-order valence-electron chi connectivity index (χ2n) is 19.0. The average molecular weight is 669 g/mol. The summed E-state index contributed by atoms with van der Waals surface area (Å²) in [6, 6.07) is 13.9. The number of hydrogen-bond acceptors (Lipinski definition) is 6. The van der Waals surface area contributed by atoms with E-state index in [4.69, 9.17) is 29.9 Å². The number of benzene rings is 4. The van der Waals surface area contributed by atoms with Crippen molar-refractivity contribution in [1.82, 2.24) is 29.9 Å². The van der Waals surface area contributed by atoms with Crippen LogP contribution in [0.5, 0.6) is 0 Å². The van der Waals surface area contributed by atoms with E-state index in [0.717, 1.165) is 46.1 Å². The van der Waals surface area contributed by atoms with E-state index < -0.39 is 0 Å². The van der Waals surface area contributed by atoms with Crippen molar-refractivity contribution in [2.24, 2.45) is 0 Å². The molecule has 0 bridgehead atoms. The molecule has 0 radical (unpaired) electrons. The van der Waals surface area contributed by atoms with Crippen molar-refractivity contribution in [1.29, 1.82) is 0 Å². The fraction of sp³-hybridized carbons (Fsp3) is 0.500. The van der Waals surface area contributed by atoms with E-state index in [-0.39, 0.29) is 21.7 Å². The van der Waals surface area contributed by atoms with Crippen molar-refractivity contribution >= 4 is 32.3 Å². The minimum absolute atomic E-state index is 0.230. The van der Waals surface area contributed by atoms with Crippen LogP contribution < -0.4 is 0 Å². The van der Waals surface area contributed by atoms with Crippen molar-refractivity contribution in [3.63, 3.8) is 0 Å². The molecule has 0 unspecified atom stereocenters. The monoisotopic (exact) mass is 668 g/mol. The molecule has 6 heteroatoms. The molecule has 6 nitrogen and oxygen atoms in total. The molecule has 0 N–H and O–H groups in total. The van der Waals surface area contributed by atoms with Crippen LogP contribution in [-0.2, 0) is 21.7 Å². The van der Waals surface area contributed by atoms with Gasteiger partial charge in [0, 0.05) is 32.8 Å². The highest BCUT2D eigenvalue weighted by molar-refractivity contribution is 6.29. The van der Waals surface area contributed by atoms with Gasteiger partial charge in [0.05, 0.1) is 0 Å². The van der Waals surface area contributed by atoms with Crippen LogP contribution in [0.4, 0.5) is 0 Å². The van der Waals surface area contributed by atoms with Crippen LogP contribution in [0.1, 0.15) is 157 Å². The highest BCUT2D eigenvalue weighted by atomic mass is 15.1. The summed E-state index contributed by atoms with van der Waals surface area (Å²) in [4.78, 5) is 30.7. The smallest absolute Gasteiger partial charge is 0.164 e. The highest BCUT2D eigenvalue weighted by Crippen LogP contribution is 2.47. The molecule has 0 amide bonds. The average Bonchev–Trinajstić information content (AvgIpc) is 3.00. The Morgan fingerprint density at radius 1 is 0.380 bits per heavy atom. The van der Waals surface area contributed by atoms with E-state index in [1.807, 2.05) is 0 Å². The zero-order valence-corrected chi connectivity index (χ0v) is 33.3. The minimum atomic E-state index is -0.230. The first kappa shape index (κ1) is 35.8. The van der Waals surface area contributed by atoms with Crippen molar-refractivity contribution in [3.05, 3.63) is 70.8 Å². The van der Waals surface area contributed by atoms with E-state index in [9.17, 15) is 0 Å². The second kappa shape index (κ2) is 11.7. The molecule has 50 heavy (non-hydrogen) atoms. The lowest BCUT2D eigenvalue weighted by Gasteiger charge is -2.25.